The molecule has 9 nitrogen and oxygen atoms in total. The third-order valence-electron chi connectivity index (χ3n) is 4.85. The Bertz CT molecular complexity index is 1060. The Morgan fingerprint density at radius 3 is 2.53 bits per heavy atom. The molecule has 1 heterocycles. The molecule has 2 amide bonds. The fourth-order valence-corrected chi connectivity index (χ4v) is 4.77. The number of nitrogens with one attached hydrogen (secondary N) is 2. The van der Waals surface area contributed by atoms with Crippen LogP contribution in [-0.2, 0) is 30.9 Å². The summed E-state index contributed by atoms with van der Waals surface area (Å²) >= 11 is 0. The molecular formula is C21H24FN3O6S. The van der Waals surface area contributed by atoms with Gasteiger partial charge in [0, 0.05) is 18.7 Å². The van der Waals surface area contributed by atoms with Crippen LogP contribution in [0, 0.1) is 5.82 Å². The number of rotatable bonds is 7. The first-order chi connectivity index (χ1) is 15.3. The quantitative estimate of drug-likeness (QED) is 0.590. The van der Waals surface area contributed by atoms with Crippen LogP contribution in [-0.4, -0.2) is 57.6 Å². The van der Waals surface area contributed by atoms with E-state index in [2.05, 4.69) is 10.6 Å². The van der Waals surface area contributed by atoms with Crippen molar-refractivity contribution in [2.24, 2.45) is 0 Å². The van der Waals surface area contributed by atoms with Gasteiger partial charge in [0.15, 0.2) is 0 Å². The van der Waals surface area contributed by atoms with Gasteiger partial charge in [0.25, 0.3) is 0 Å². The Labute approximate surface area is 185 Å². The zero-order chi connectivity index (χ0) is 23.1. The molecule has 11 heteroatoms. The highest BCUT2D eigenvalue weighted by Gasteiger charge is 2.35. The normalized spacial score (nSPS) is 16.9. The van der Waals surface area contributed by atoms with Gasteiger partial charge in [-0.25, -0.2) is 12.8 Å². The molecule has 1 fully saturated rings. The second kappa shape index (κ2) is 10.5. The standard InChI is InChI=1S/C21H24FN3O6S/c1-30-18-6-3-2-5-15(18)13-23-20(26)21(27)24-14-19-25(11-4-12-31-19)32(28,29)17-9-7-16(22)8-10-17/h2-3,5-10,19H,4,11-14H2,1H3,(H,23,26)(H,24,27). The Morgan fingerprint density at radius 2 is 1.81 bits per heavy atom. The molecule has 2 aromatic rings. The number of methoxy groups -OCH3 is 1. The number of amides is 2. The van der Waals surface area contributed by atoms with Gasteiger partial charge in [0.1, 0.15) is 17.8 Å². The van der Waals surface area contributed by atoms with Crippen LogP contribution in [0.15, 0.2) is 53.4 Å². The van der Waals surface area contributed by atoms with Gasteiger partial charge in [-0.15, -0.1) is 0 Å². The van der Waals surface area contributed by atoms with E-state index in [0.29, 0.717) is 24.3 Å². The first kappa shape index (κ1) is 23.6. The molecule has 2 N–H and O–H groups in total. The zero-order valence-corrected chi connectivity index (χ0v) is 18.2. The van der Waals surface area contributed by atoms with Gasteiger partial charge in [-0.05, 0) is 36.8 Å². The lowest BCUT2D eigenvalue weighted by Gasteiger charge is -2.34. The number of nitrogens with zero attached hydrogens (tertiary/aromatic N) is 1. The molecule has 0 aliphatic carbocycles. The van der Waals surface area contributed by atoms with E-state index in [1.165, 1.54) is 19.2 Å². The molecule has 32 heavy (non-hydrogen) atoms. The maximum Gasteiger partial charge on any atom is 0.309 e. The number of ether oxygens (including phenoxy) is 2. The van der Waals surface area contributed by atoms with E-state index in [1.807, 2.05) is 0 Å². The maximum absolute atomic E-state index is 13.2. The molecule has 0 saturated carbocycles. The molecule has 1 aliphatic heterocycles. The SMILES string of the molecule is COc1ccccc1CNC(=O)C(=O)NCC1OCCCN1S(=O)(=O)c1ccc(F)cc1. The molecule has 3 rings (SSSR count). The van der Waals surface area contributed by atoms with E-state index in [1.54, 1.807) is 24.3 Å². The van der Waals surface area contributed by atoms with E-state index >= 15 is 0 Å². The van der Waals surface area contributed by atoms with Gasteiger partial charge in [-0.1, -0.05) is 18.2 Å². The lowest BCUT2D eigenvalue weighted by Crippen LogP contribution is -2.53. The number of sulfonamides is 1. The second-order valence-corrected chi connectivity index (χ2v) is 8.84. The monoisotopic (exact) mass is 465 g/mol. The Morgan fingerprint density at radius 1 is 1.12 bits per heavy atom. The molecule has 1 saturated heterocycles. The highest BCUT2D eigenvalue weighted by atomic mass is 32.2. The van der Waals surface area contributed by atoms with Gasteiger partial charge in [-0.3, -0.25) is 9.59 Å². The van der Waals surface area contributed by atoms with Crippen LogP contribution in [0.1, 0.15) is 12.0 Å². The minimum Gasteiger partial charge on any atom is -0.496 e. The number of benzene rings is 2. The van der Waals surface area contributed by atoms with Crippen molar-refractivity contribution >= 4 is 21.8 Å². The zero-order valence-electron chi connectivity index (χ0n) is 17.4. The Kier molecular flexibility index (Phi) is 7.78. The maximum atomic E-state index is 13.2. The van der Waals surface area contributed by atoms with Crippen molar-refractivity contribution in [2.75, 3.05) is 26.8 Å². The van der Waals surface area contributed by atoms with Crippen molar-refractivity contribution in [3.8, 4) is 5.75 Å². The number of halogens is 1. The highest BCUT2D eigenvalue weighted by Crippen LogP contribution is 2.22. The summed E-state index contributed by atoms with van der Waals surface area (Å²) in [6.45, 7) is 0.332. The van der Waals surface area contributed by atoms with Gasteiger partial charge in [-0.2, -0.15) is 4.31 Å². The van der Waals surface area contributed by atoms with Gasteiger partial charge >= 0.3 is 11.8 Å². The first-order valence-corrected chi connectivity index (χ1v) is 11.3. The molecule has 2 aromatic carbocycles. The third kappa shape index (κ3) is 5.61. The van der Waals surface area contributed by atoms with Crippen molar-refractivity contribution in [3.63, 3.8) is 0 Å². The lowest BCUT2D eigenvalue weighted by molar-refractivity contribution is -0.140. The molecular weight excluding hydrogens is 441 g/mol. The van der Waals surface area contributed by atoms with Crippen LogP contribution in [0.4, 0.5) is 4.39 Å². The largest absolute Gasteiger partial charge is 0.496 e. The smallest absolute Gasteiger partial charge is 0.309 e. The highest BCUT2D eigenvalue weighted by molar-refractivity contribution is 7.89. The molecule has 172 valence electrons. The van der Waals surface area contributed by atoms with Crippen LogP contribution in [0.3, 0.4) is 0 Å². The number of para-hydroxylation sites is 1. The van der Waals surface area contributed by atoms with Crippen molar-refractivity contribution < 1.29 is 31.9 Å². The third-order valence-corrected chi connectivity index (χ3v) is 6.75. The summed E-state index contributed by atoms with van der Waals surface area (Å²) in [7, 11) is -2.47. The van der Waals surface area contributed by atoms with E-state index < -0.39 is 33.9 Å². The summed E-state index contributed by atoms with van der Waals surface area (Å²) in [5.41, 5.74) is 0.698. The molecule has 0 radical (unpaired) electrons. The van der Waals surface area contributed by atoms with Crippen LogP contribution in [0.25, 0.3) is 0 Å². The predicted octanol–water partition coefficient (Wildman–Crippen LogP) is 1.00. The average molecular weight is 466 g/mol. The van der Waals surface area contributed by atoms with E-state index in [-0.39, 0.29) is 24.5 Å². The second-order valence-electron chi connectivity index (χ2n) is 6.95. The van der Waals surface area contributed by atoms with Crippen molar-refractivity contribution in [1.82, 2.24) is 14.9 Å². The van der Waals surface area contributed by atoms with Crippen LogP contribution in [0.2, 0.25) is 0 Å². The fourth-order valence-electron chi connectivity index (χ4n) is 3.21. The molecule has 1 aliphatic rings. The molecule has 1 unspecified atom stereocenters. The number of carbonyl (C=O) groups is 2. The van der Waals surface area contributed by atoms with E-state index in [9.17, 15) is 22.4 Å². The van der Waals surface area contributed by atoms with Crippen molar-refractivity contribution in [1.29, 1.82) is 0 Å². The molecule has 0 aromatic heterocycles. The summed E-state index contributed by atoms with van der Waals surface area (Å²) in [4.78, 5) is 24.3. The molecule has 0 bridgehead atoms. The summed E-state index contributed by atoms with van der Waals surface area (Å²) in [6, 6.07) is 11.5. The number of carbonyl (C=O) groups excluding carboxylic acids is 2. The summed E-state index contributed by atoms with van der Waals surface area (Å²) < 4.78 is 50.8. The van der Waals surface area contributed by atoms with Crippen LogP contribution in [0.5, 0.6) is 5.75 Å². The fraction of sp³-hybridized carbons (Fsp3) is 0.333. The van der Waals surface area contributed by atoms with Crippen molar-refractivity contribution in [2.45, 2.75) is 24.1 Å². The molecule has 0 spiro atoms. The van der Waals surface area contributed by atoms with Gasteiger partial charge < -0.3 is 20.1 Å². The summed E-state index contributed by atoms with van der Waals surface area (Å²) in [6.07, 6.45) is -0.533. The summed E-state index contributed by atoms with van der Waals surface area (Å²) in [5.74, 6) is -1.78. The van der Waals surface area contributed by atoms with Crippen LogP contribution < -0.4 is 15.4 Å². The Balaban J connectivity index is 1.59. The first-order valence-electron chi connectivity index (χ1n) is 9.90. The van der Waals surface area contributed by atoms with Gasteiger partial charge in [0.2, 0.25) is 10.0 Å². The minimum absolute atomic E-state index is 0.0846. The lowest BCUT2D eigenvalue weighted by atomic mass is 10.2. The van der Waals surface area contributed by atoms with Gasteiger partial charge in [0.05, 0.1) is 25.2 Å². The summed E-state index contributed by atoms with van der Waals surface area (Å²) in [5, 5.41) is 4.90. The Hall–Kier alpha value is -3.02. The van der Waals surface area contributed by atoms with E-state index in [0.717, 1.165) is 16.4 Å². The molecule has 1 atom stereocenters. The minimum atomic E-state index is -3.97. The van der Waals surface area contributed by atoms with Crippen LogP contribution >= 0.6 is 0 Å². The predicted molar refractivity (Wildman–Crippen MR) is 112 cm³/mol. The van der Waals surface area contributed by atoms with Crippen molar-refractivity contribution in [3.05, 3.63) is 59.9 Å². The average Bonchev–Trinajstić information content (AvgIpc) is 2.81. The number of hydrogen-bond acceptors (Lipinski definition) is 6. The number of hydrogen-bond donors (Lipinski definition) is 2. The van der Waals surface area contributed by atoms with E-state index in [4.69, 9.17) is 9.47 Å². The topological polar surface area (TPSA) is 114 Å².